The fraction of sp³-hybridized carbons (Fsp3) is 0.500. The van der Waals surface area contributed by atoms with Gasteiger partial charge in [-0.3, -0.25) is 4.79 Å². The number of aliphatic hydroxyl groups is 1. The molecule has 2 aromatic rings. The first-order valence-electron chi connectivity index (χ1n) is 11.6. The van der Waals surface area contributed by atoms with E-state index in [1.165, 1.54) is 39.0 Å². The first kappa shape index (κ1) is 22.6. The number of benzene rings is 2. The van der Waals surface area contributed by atoms with Gasteiger partial charge in [-0.05, 0) is 66.6 Å². The average Bonchev–Trinajstić information content (AvgIpc) is 3.41. The van der Waals surface area contributed by atoms with E-state index >= 15 is 0 Å². The number of carbonyl (C=O) groups excluding carboxylic acids is 1. The second-order valence-corrected chi connectivity index (χ2v) is 9.32. The van der Waals surface area contributed by atoms with Crippen molar-refractivity contribution in [3.05, 3.63) is 42.5 Å². The highest BCUT2D eigenvalue weighted by Gasteiger charge is 2.40. The van der Waals surface area contributed by atoms with Gasteiger partial charge in [0.1, 0.15) is 24.2 Å². The molecule has 2 N–H and O–H groups in total. The van der Waals surface area contributed by atoms with Gasteiger partial charge in [-0.15, -0.1) is 0 Å². The third-order valence-corrected chi connectivity index (χ3v) is 6.72. The van der Waals surface area contributed by atoms with Crippen LogP contribution in [0.25, 0.3) is 11.1 Å². The molecule has 0 bridgehead atoms. The SMILES string of the molecule is COc1cc(OCC(O)CN2CCC3(CCCC3)C2)cc(-c2cccc(NC(C)=O)c2)c1. The first-order chi connectivity index (χ1) is 15.4. The summed E-state index contributed by atoms with van der Waals surface area (Å²) in [7, 11) is 1.62. The zero-order valence-corrected chi connectivity index (χ0v) is 19.1. The summed E-state index contributed by atoms with van der Waals surface area (Å²) in [4.78, 5) is 13.8. The Labute approximate surface area is 190 Å². The van der Waals surface area contributed by atoms with Crippen molar-refractivity contribution in [2.75, 3.05) is 38.7 Å². The molecule has 2 fully saturated rings. The van der Waals surface area contributed by atoms with Crippen molar-refractivity contribution in [3.8, 4) is 22.6 Å². The molecule has 1 saturated heterocycles. The molecule has 2 aliphatic rings. The summed E-state index contributed by atoms with van der Waals surface area (Å²) in [5, 5.41) is 13.4. The molecular weight excluding hydrogens is 404 g/mol. The summed E-state index contributed by atoms with van der Waals surface area (Å²) in [6, 6.07) is 13.3. The van der Waals surface area contributed by atoms with Gasteiger partial charge in [0, 0.05) is 31.8 Å². The zero-order chi connectivity index (χ0) is 22.6. The molecule has 1 heterocycles. The summed E-state index contributed by atoms with van der Waals surface area (Å²) in [5.74, 6) is 1.22. The number of hydrogen-bond acceptors (Lipinski definition) is 5. The largest absolute Gasteiger partial charge is 0.497 e. The van der Waals surface area contributed by atoms with Gasteiger partial charge >= 0.3 is 0 Å². The zero-order valence-electron chi connectivity index (χ0n) is 19.1. The van der Waals surface area contributed by atoms with E-state index in [1.54, 1.807) is 7.11 Å². The molecule has 0 radical (unpaired) electrons. The van der Waals surface area contributed by atoms with Crippen molar-refractivity contribution < 1.29 is 19.4 Å². The average molecular weight is 439 g/mol. The number of anilines is 1. The highest BCUT2D eigenvalue weighted by molar-refractivity contribution is 5.89. The number of nitrogens with zero attached hydrogens (tertiary/aromatic N) is 1. The maximum Gasteiger partial charge on any atom is 0.221 e. The molecule has 1 saturated carbocycles. The van der Waals surface area contributed by atoms with Gasteiger partial charge in [-0.25, -0.2) is 0 Å². The van der Waals surface area contributed by atoms with Gasteiger partial charge < -0.3 is 24.8 Å². The van der Waals surface area contributed by atoms with E-state index in [1.807, 2.05) is 42.5 Å². The third-order valence-electron chi connectivity index (χ3n) is 6.72. The van der Waals surface area contributed by atoms with Gasteiger partial charge in [0.15, 0.2) is 0 Å². The molecule has 1 atom stereocenters. The normalized spacial score (nSPS) is 18.6. The molecule has 1 unspecified atom stereocenters. The van der Waals surface area contributed by atoms with Gasteiger partial charge in [0.05, 0.1) is 7.11 Å². The van der Waals surface area contributed by atoms with E-state index in [0.29, 0.717) is 23.5 Å². The van der Waals surface area contributed by atoms with E-state index in [9.17, 15) is 9.90 Å². The molecule has 2 aromatic carbocycles. The van der Waals surface area contributed by atoms with Crippen molar-refractivity contribution in [3.63, 3.8) is 0 Å². The van der Waals surface area contributed by atoms with Crippen LogP contribution in [0, 0.1) is 5.41 Å². The predicted octanol–water partition coefficient (Wildman–Crippen LogP) is 4.33. The Bertz CT molecular complexity index is 939. The maximum absolute atomic E-state index is 11.4. The van der Waals surface area contributed by atoms with Crippen molar-refractivity contribution >= 4 is 11.6 Å². The molecule has 6 heteroatoms. The fourth-order valence-corrected chi connectivity index (χ4v) is 5.18. The molecule has 1 amide bonds. The molecule has 1 aliphatic heterocycles. The second kappa shape index (κ2) is 9.92. The number of methoxy groups -OCH3 is 1. The molecule has 4 rings (SSSR count). The van der Waals surface area contributed by atoms with Crippen molar-refractivity contribution in [2.45, 2.75) is 45.1 Å². The third kappa shape index (κ3) is 5.61. The lowest BCUT2D eigenvalue weighted by atomic mass is 9.86. The van der Waals surface area contributed by atoms with Crippen LogP contribution in [0.2, 0.25) is 0 Å². The Kier molecular flexibility index (Phi) is 7.01. The van der Waals surface area contributed by atoms with E-state index in [-0.39, 0.29) is 12.5 Å². The number of aliphatic hydroxyl groups excluding tert-OH is 1. The van der Waals surface area contributed by atoms with Crippen LogP contribution in [0.3, 0.4) is 0 Å². The molecule has 0 aromatic heterocycles. The molecule has 1 spiro atoms. The smallest absolute Gasteiger partial charge is 0.221 e. The maximum atomic E-state index is 11.4. The lowest BCUT2D eigenvalue weighted by Gasteiger charge is -2.25. The Balaban J connectivity index is 1.39. The standard InChI is InChI=1S/C26H34N2O4/c1-19(29)27-22-7-5-6-20(12-22)21-13-24(31-2)15-25(14-21)32-17-23(30)16-28-11-10-26(18-28)8-3-4-9-26/h5-7,12-15,23,30H,3-4,8-11,16-18H2,1-2H3,(H,27,29). The Morgan fingerprint density at radius 3 is 2.66 bits per heavy atom. The van der Waals surface area contributed by atoms with E-state index in [4.69, 9.17) is 9.47 Å². The van der Waals surface area contributed by atoms with Crippen LogP contribution in [0.1, 0.15) is 39.0 Å². The van der Waals surface area contributed by atoms with Gasteiger partial charge in [0.2, 0.25) is 5.91 Å². The quantitative estimate of drug-likeness (QED) is 0.642. The number of ether oxygens (including phenoxy) is 2. The van der Waals surface area contributed by atoms with Crippen LogP contribution in [0.4, 0.5) is 5.69 Å². The van der Waals surface area contributed by atoms with Crippen LogP contribution >= 0.6 is 0 Å². The molecule has 6 nitrogen and oxygen atoms in total. The number of hydrogen-bond donors (Lipinski definition) is 2. The summed E-state index contributed by atoms with van der Waals surface area (Å²) in [6.45, 7) is 4.56. The van der Waals surface area contributed by atoms with Gasteiger partial charge in [-0.2, -0.15) is 0 Å². The van der Waals surface area contributed by atoms with Crippen LogP contribution in [-0.4, -0.2) is 55.4 Å². The highest BCUT2D eigenvalue weighted by Crippen LogP contribution is 2.45. The lowest BCUT2D eigenvalue weighted by Crippen LogP contribution is -2.35. The van der Waals surface area contributed by atoms with Crippen LogP contribution in [0.15, 0.2) is 42.5 Å². The summed E-state index contributed by atoms with van der Waals surface area (Å²) in [6.07, 6.45) is 6.11. The Hall–Kier alpha value is -2.57. The molecular formula is C26H34N2O4. The number of nitrogens with one attached hydrogen (secondary N) is 1. The monoisotopic (exact) mass is 438 g/mol. The fourth-order valence-electron chi connectivity index (χ4n) is 5.18. The van der Waals surface area contributed by atoms with Gasteiger partial charge in [-0.1, -0.05) is 25.0 Å². The summed E-state index contributed by atoms with van der Waals surface area (Å²) in [5.41, 5.74) is 3.11. The number of likely N-dealkylation sites (tertiary alicyclic amines) is 1. The first-order valence-corrected chi connectivity index (χ1v) is 11.6. The highest BCUT2D eigenvalue weighted by atomic mass is 16.5. The van der Waals surface area contributed by atoms with Gasteiger partial charge in [0.25, 0.3) is 0 Å². The summed E-state index contributed by atoms with van der Waals surface area (Å²) >= 11 is 0. The van der Waals surface area contributed by atoms with E-state index < -0.39 is 6.10 Å². The molecule has 1 aliphatic carbocycles. The minimum atomic E-state index is -0.538. The number of β-amino-alcohol motifs (C(OH)–C–C–N with tert-alkyl or cyclic N) is 1. The minimum absolute atomic E-state index is 0.109. The molecule has 172 valence electrons. The van der Waals surface area contributed by atoms with E-state index in [2.05, 4.69) is 10.2 Å². The Morgan fingerprint density at radius 1 is 1.12 bits per heavy atom. The van der Waals surface area contributed by atoms with Crippen molar-refractivity contribution in [1.29, 1.82) is 0 Å². The van der Waals surface area contributed by atoms with Crippen molar-refractivity contribution in [2.24, 2.45) is 5.41 Å². The minimum Gasteiger partial charge on any atom is -0.497 e. The van der Waals surface area contributed by atoms with Crippen LogP contribution in [-0.2, 0) is 4.79 Å². The topological polar surface area (TPSA) is 71.0 Å². The second-order valence-electron chi connectivity index (χ2n) is 9.32. The summed E-state index contributed by atoms with van der Waals surface area (Å²) < 4.78 is 11.4. The number of amides is 1. The van der Waals surface area contributed by atoms with Crippen molar-refractivity contribution in [1.82, 2.24) is 4.90 Å². The van der Waals surface area contributed by atoms with Crippen LogP contribution in [0.5, 0.6) is 11.5 Å². The predicted molar refractivity (Wildman–Crippen MR) is 126 cm³/mol. The molecule has 32 heavy (non-hydrogen) atoms. The lowest BCUT2D eigenvalue weighted by molar-refractivity contribution is -0.114. The van der Waals surface area contributed by atoms with Crippen LogP contribution < -0.4 is 14.8 Å². The number of carbonyl (C=O) groups is 1. The Morgan fingerprint density at radius 2 is 1.91 bits per heavy atom. The number of rotatable bonds is 8. The van der Waals surface area contributed by atoms with E-state index in [0.717, 1.165) is 29.9 Å².